The maximum Gasteiger partial charge on any atom is 0.144 e. The number of hydrogen-bond donors (Lipinski definition) is 1. The highest BCUT2D eigenvalue weighted by atomic mass is 35.5. The minimum atomic E-state index is -0.0621. The first-order valence-electron chi connectivity index (χ1n) is 7.95. The maximum atomic E-state index is 12.9. The van der Waals surface area contributed by atoms with Crippen LogP contribution in [0.5, 0.6) is 0 Å². The number of aromatic nitrogens is 2. The SMILES string of the molecule is O=C(Cc1ccccc1Cl)C1CCCc2[nH]c3ncccc3c21. The average Bonchev–Trinajstić information content (AvgIpc) is 2.95. The number of nitrogens with one attached hydrogen (secondary N) is 1. The van der Waals surface area contributed by atoms with E-state index in [9.17, 15) is 4.79 Å². The Morgan fingerprint density at radius 3 is 3.00 bits per heavy atom. The van der Waals surface area contributed by atoms with Crippen molar-refractivity contribution >= 4 is 28.4 Å². The van der Waals surface area contributed by atoms with Crippen molar-refractivity contribution in [2.75, 3.05) is 0 Å². The van der Waals surface area contributed by atoms with Gasteiger partial charge in [0.2, 0.25) is 0 Å². The Labute approximate surface area is 139 Å². The van der Waals surface area contributed by atoms with Gasteiger partial charge >= 0.3 is 0 Å². The van der Waals surface area contributed by atoms with Crippen LogP contribution in [0, 0.1) is 0 Å². The molecule has 0 saturated carbocycles. The molecule has 1 aliphatic carbocycles. The molecule has 1 N–H and O–H groups in total. The van der Waals surface area contributed by atoms with Crippen LogP contribution in [0.15, 0.2) is 42.6 Å². The zero-order valence-electron chi connectivity index (χ0n) is 12.7. The van der Waals surface area contributed by atoms with Gasteiger partial charge in [-0.3, -0.25) is 4.79 Å². The van der Waals surface area contributed by atoms with Gasteiger partial charge in [-0.25, -0.2) is 4.98 Å². The Morgan fingerprint density at radius 1 is 1.26 bits per heavy atom. The third kappa shape index (κ3) is 2.55. The molecule has 3 aromatic rings. The van der Waals surface area contributed by atoms with Gasteiger partial charge in [0.15, 0.2) is 0 Å². The fourth-order valence-electron chi connectivity index (χ4n) is 3.59. The number of rotatable bonds is 3. The zero-order chi connectivity index (χ0) is 15.8. The van der Waals surface area contributed by atoms with Crippen LogP contribution in [0.1, 0.15) is 35.6 Å². The number of carbonyl (C=O) groups excluding carboxylic acids is 1. The molecule has 4 rings (SSSR count). The molecule has 3 nitrogen and oxygen atoms in total. The molecule has 2 heterocycles. The van der Waals surface area contributed by atoms with Crippen LogP contribution in [0.4, 0.5) is 0 Å². The minimum Gasteiger partial charge on any atom is -0.343 e. The Hall–Kier alpha value is -2.13. The molecule has 0 saturated heterocycles. The van der Waals surface area contributed by atoms with E-state index in [0.717, 1.165) is 41.4 Å². The summed E-state index contributed by atoms with van der Waals surface area (Å²) < 4.78 is 0. The fourth-order valence-corrected chi connectivity index (χ4v) is 3.79. The third-order valence-electron chi connectivity index (χ3n) is 4.67. The molecule has 0 bridgehead atoms. The molecule has 116 valence electrons. The van der Waals surface area contributed by atoms with Gasteiger partial charge in [0, 0.05) is 34.6 Å². The first-order chi connectivity index (χ1) is 11.2. The van der Waals surface area contributed by atoms with Gasteiger partial charge < -0.3 is 4.98 Å². The molecular weight excluding hydrogens is 308 g/mol. The molecule has 0 amide bonds. The molecule has 1 atom stereocenters. The van der Waals surface area contributed by atoms with Crippen molar-refractivity contribution in [3.05, 3.63) is 64.4 Å². The smallest absolute Gasteiger partial charge is 0.144 e. The van der Waals surface area contributed by atoms with Crippen LogP contribution in [-0.2, 0) is 17.6 Å². The van der Waals surface area contributed by atoms with Crippen molar-refractivity contribution in [3.63, 3.8) is 0 Å². The van der Waals surface area contributed by atoms with Crippen LogP contribution in [0.25, 0.3) is 11.0 Å². The predicted octanol–water partition coefficient (Wildman–Crippen LogP) is 4.45. The normalized spacial score (nSPS) is 17.2. The second kappa shape index (κ2) is 5.82. The summed E-state index contributed by atoms with van der Waals surface area (Å²) in [6.07, 6.45) is 5.08. The Bertz CT molecular complexity index is 884. The topological polar surface area (TPSA) is 45.8 Å². The summed E-state index contributed by atoms with van der Waals surface area (Å²) in [4.78, 5) is 20.7. The molecule has 0 radical (unpaired) electrons. The van der Waals surface area contributed by atoms with E-state index in [1.54, 1.807) is 6.20 Å². The van der Waals surface area contributed by atoms with E-state index < -0.39 is 0 Å². The zero-order valence-corrected chi connectivity index (χ0v) is 13.4. The number of aromatic amines is 1. The fraction of sp³-hybridized carbons (Fsp3) is 0.263. The van der Waals surface area contributed by atoms with Gasteiger partial charge in [0.1, 0.15) is 11.4 Å². The lowest BCUT2D eigenvalue weighted by Crippen LogP contribution is -2.20. The van der Waals surface area contributed by atoms with Crippen LogP contribution >= 0.6 is 11.6 Å². The lowest BCUT2D eigenvalue weighted by Gasteiger charge is -2.22. The molecule has 0 spiro atoms. The molecular formula is C19H17ClN2O. The minimum absolute atomic E-state index is 0.0621. The van der Waals surface area contributed by atoms with Gasteiger partial charge in [-0.15, -0.1) is 0 Å². The van der Waals surface area contributed by atoms with Crippen molar-refractivity contribution in [1.29, 1.82) is 0 Å². The highest BCUT2D eigenvalue weighted by molar-refractivity contribution is 6.31. The molecule has 0 aliphatic heterocycles. The standard InChI is InChI=1S/C19H17ClN2O/c20-15-8-2-1-5-12(15)11-17(23)13-6-3-9-16-18(13)14-7-4-10-21-19(14)22-16/h1-2,4-5,7-8,10,13H,3,6,9,11H2,(H,21,22). The van der Waals surface area contributed by atoms with Gasteiger partial charge in [0.25, 0.3) is 0 Å². The van der Waals surface area contributed by atoms with Gasteiger partial charge in [-0.1, -0.05) is 29.8 Å². The quantitative estimate of drug-likeness (QED) is 0.773. The first kappa shape index (κ1) is 14.5. The van der Waals surface area contributed by atoms with Crippen molar-refractivity contribution in [3.8, 4) is 0 Å². The monoisotopic (exact) mass is 324 g/mol. The van der Waals surface area contributed by atoms with Crippen molar-refractivity contribution in [1.82, 2.24) is 9.97 Å². The number of fused-ring (bicyclic) bond motifs is 3. The molecule has 1 aromatic carbocycles. The number of benzene rings is 1. The van der Waals surface area contributed by atoms with E-state index >= 15 is 0 Å². The number of carbonyl (C=O) groups is 1. The van der Waals surface area contributed by atoms with E-state index in [1.807, 2.05) is 30.3 Å². The maximum absolute atomic E-state index is 12.9. The summed E-state index contributed by atoms with van der Waals surface area (Å²) in [7, 11) is 0. The molecule has 1 unspecified atom stereocenters. The Balaban J connectivity index is 1.71. The average molecular weight is 325 g/mol. The van der Waals surface area contributed by atoms with E-state index in [4.69, 9.17) is 11.6 Å². The second-order valence-electron chi connectivity index (χ2n) is 6.10. The largest absolute Gasteiger partial charge is 0.343 e. The number of aryl methyl sites for hydroxylation is 1. The van der Waals surface area contributed by atoms with E-state index in [1.165, 1.54) is 5.69 Å². The molecule has 23 heavy (non-hydrogen) atoms. The van der Waals surface area contributed by atoms with Crippen LogP contribution in [0.2, 0.25) is 5.02 Å². The number of halogens is 1. The number of Topliss-reactive ketones (excluding diaryl/α,β-unsaturated/α-hetero) is 1. The predicted molar refractivity (Wildman–Crippen MR) is 91.9 cm³/mol. The Morgan fingerprint density at radius 2 is 2.13 bits per heavy atom. The van der Waals surface area contributed by atoms with E-state index in [2.05, 4.69) is 16.0 Å². The van der Waals surface area contributed by atoms with Crippen LogP contribution in [-0.4, -0.2) is 15.8 Å². The van der Waals surface area contributed by atoms with Crippen LogP contribution < -0.4 is 0 Å². The van der Waals surface area contributed by atoms with E-state index in [-0.39, 0.29) is 11.7 Å². The molecule has 0 fully saturated rings. The summed E-state index contributed by atoms with van der Waals surface area (Å²) >= 11 is 6.21. The third-order valence-corrected chi connectivity index (χ3v) is 5.04. The van der Waals surface area contributed by atoms with Crippen molar-refractivity contribution < 1.29 is 4.79 Å². The number of hydrogen-bond acceptors (Lipinski definition) is 2. The lowest BCUT2D eigenvalue weighted by molar-refractivity contribution is -0.120. The molecule has 1 aliphatic rings. The lowest BCUT2D eigenvalue weighted by atomic mass is 9.81. The van der Waals surface area contributed by atoms with Crippen LogP contribution in [0.3, 0.4) is 0 Å². The highest BCUT2D eigenvalue weighted by Crippen LogP contribution is 2.37. The molecule has 4 heteroatoms. The number of H-pyrrole nitrogens is 1. The van der Waals surface area contributed by atoms with Gasteiger partial charge in [-0.2, -0.15) is 0 Å². The van der Waals surface area contributed by atoms with E-state index in [0.29, 0.717) is 11.4 Å². The summed E-state index contributed by atoms with van der Waals surface area (Å²) in [5.41, 5.74) is 4.11. The van der Waals surface area contributed by atoms with Gasteiger partial charge in [-0.05, 0) is 48.6 Å². The number of nitrogens with zero attached hydrogens (tertiary/aromatic N) is 1. The van der Waals surface area contributed by atoms with Gasteiger partial charge in [0.05, 0.1) is 0 Å². The first-order valence-corrected chi connectivity index (χ1v) is 8.33. The summed E-state index contributed by atoms with van der Waals surface area (Å²) in [5, 5.41) is 1.75. The van der Waals surface area contributed by atoms with Crippen molar-refractivity contribution in [2.24, 2.45) is 0 Å². The number of ketones is 1. The highest BCUT2D eigenvalue weighted by Gasteiger charge is 2.30. The summed E-state index contributed by atoms with van der Waals surface area (Å²) in [6, 6.07) is 11.6. The second-order valence-corrected chi connectivity index (χ2v) is 6.50. The van der Waals surface area contributed by atoms with Crippen molar-refractivity contribution in [2.45, 2.75) is 31.6 Å². The Kier molecular flexibility index (Phi) is 3.66. The number of pyridine rings is 1. The summed E-state index contributed by atoms with van der Waals surface area (Å²) in [5.74, 6) is 0.178. The molecule has 2 aromatic heterocycles. The summed E-state index contributed by atoms with van der Waals surface area (Å²) in [6.45, 7) is 0.